The molecule has 33 heavy (non-hydrogen) atoms. The minimum absolute atomic E-state index is 0.147. The number of methoxy groups -OCH3 is 1. The Bertz CT molecular complexity index is 999. The van der Waals surface area contributed by atoms with Crippen molar-refractivity contribution in [2.75, 3.05) is 40.8 Å². The van der Waals surface area contributed by atoms with Gasteiger partial charge in [-0.3, -0.25) is 14.5 Å². The van der Waals surface area contributed by atoms with Crippen LogP contribution in [0.1, 0.15) is 17.7 Å². The minimum atomic E-state index is -0.250. The highest BCUT2D eigenvalue weighted by atomic mass is 79.9. The van der Waals surface area contributed by atoms with E-state index in [1.165, 1.54) is 31.5 Å². The van der Waals surface area contributed by atoms with E-state index in [2.05, 4.69) is 76.2 Å². The molecule has 10 heteroatoms. The molecule has 0 saturated carbocycles. The zero-order valence-electron chi connectivity index (χ0n) is 19.0. The van der Waals surface area contributed by atoms with Gasteiger partial charge in [0.25, 0.3) is 6.47 Å². The predicted octanol–water partition coefficient (Wildman–Crippen LogP) is 5.99. The number of ether oxygens (including phenoxy) is 1. The zero-order valence-corrected chi connectivity index (χ0v) is 23.0. The number of carboxylic acid groups (broad SMARTS) is 1. The molecule has 180 valence electrons. The second-order valence-corrected chi connectivity index (χ2v) is 12.1. The number of carbonyl (C=O) groups is 2. The lowest BCUT2D eigenvalue weighted by Crippen LogP contribution is -2.29. The molecule has 0 unspecified atom stereocenters. The van der Waals surface area contributed by atoms with E-state index in [1.807, 2.05) is 22.7 Å². The van der Waals surface area contributed by atoms with Crippen molar-refractivity contribution in [1.29, 1.82) is 0 Å². The first-order chi connectivity index (χ1) is 15.9. The van der Waals surface area contributed by atoms with Gasteiger partial charge in [-0.05, 0) is 85.9 Å². The molecule has 3 aromatic heterocycles. The van der Waals surface area contributed by atoms with Crippen molar-refractivity contribution in [3.63, 3.8) is 0 Å². The van der Waals surface area contributed by atoms with Crippen molar-refractivity contribution in [2.45, 2.75) is 19.4 Å². The van der Waals surface area contributed by atoms with Crippen LogP contribution in [0.4, 0.5) is 0 Å². The van der Waals surface area contributed by atoms with Gasteiger partial charge in [0.15, 0.2) is 0 Å². The van der Waals surface area contributed by atoms with Gasteiger partial charge in [-0.2, -0.15) is 0 Å². The fourth-order valence-electron chi connectivity index (χ4n) is 3.10. The van der Waals surface area contributed by atoms with Crippen LogP contribution in [-0.4, -0.2) is 68.2 Å². The third-order valence-corrected chi connectivity index (χ3v) is 8.82. The van der Waals surface area contributed by atoms with Crippen molar-refractivity contribution < 1.29 is 19.4 Å². The first kappa shape index (κ1) is 27.7. The molecule has 0 aromatic carbocycles. The number of esters is 1. The second-order valence-electron chi connectivity index (χ2n) is 7.40. The van der Waals surface area contributed by atoms with Gasteiger partial charge >= 0.3 is 5.97 Å². The Kier molecular flexibility index (Phi) is 12.3. The highest BCUT2D eigenvalue weighted by molar-refractivity contribution is 9.11. The molecule has 0 atom stereocenters. The van der Waals surface area contributed by atoms with Crippen LogP contribution in [-0.2, 0) is 20.9 Å². The quantitative estimate of drug-likeness (QED) is 0.225. The normalized spacial score (nSPS) is 10.8. The molecule has 0 aliphatic rings. The van der Waals surface area contributed by atoms with Crippen LogP contribution in [0.5, 0.6) is 0 Å². The van der Waals surface area contributed by atoms with Crippen LogP contribution in [0.15, 0.2) is 40.2 Å². The van der Waals surface area contributed by atoms with E-state index in [9.17, 15) is 4.79 Å². The van der Waals surface area contributed by atoms with E-state index in [0.717, 1.165) is 36.4 Å². The van der Waals surface area contributed by atoms with Crippen LogP contribution < -0.4 is 0 Å². The lowest BCUT2D eigenvalue weighted by molar-refractivity contribution is -0.141. The van der Waals surface area contributed by atoms with Crippen LogP contribution in [0.25, 0.3) is 19.5 Å². The summed E-state index contributed by atoms with van der Waals surface area (Å²) in [5.41, 5.74) is 0. The van der Waals surface area contributed by atoms with Gasteiger partial charge in [-0.1, -0.05) is 0 Å². The Labute approximate surface area is 215 Å². The summed E-state index contributed by atoms with van der Waals surface area (Å²) in [6.07, 6.45) is 1.51. The summed E-state index contributed by atoms with van der Waals surface area (Å²) in [6.45, 7) is 3.36. The maximum atomic E-state index is 11.6. The van der Waals surface area contributed by atoms with Crippen molar-refractivity contribution in [3.8, 4) is 19.5 Å². The Morgan fingerprint density at radius 1 is 0.970 bits per heavy atom. The molecule has 0 amide bonds. The maximum Gasteiger partial charge on any atom is 0.306 e. The number of rotatable bonds is 11. The molecule has 0 radical (unpaired) electrons. The van der Waals surface area contributed by atoms with Crippen molar-refractivity contribution in [1.82, 2.24) is 9.80 Å². The average Bonchev–Trinajstić information content (AvgIpc) is 3.52. The molecule has 0 aliphatic carbocycles. The highest BCUT2D eigenvalue weighted by Gasteiger charge is 2.13. The maximum absolute atomic E-state index is 11.6. The molecule has 0 fully saturated rings. The van der Waals surface area contributed by atoms with Crippen molar-refractivity contribution in [3.05, 3.63) is 45.1 Å². The van der Waals surface area contributed by atoms with Gasteiger partial charge in [0.05, 0.1) is 17.3 Å². The van der Waals surface area contributed by atoms with Crippen molar-refractivity contribution in [2.24, 2.45) is 0 Å². The Hall–Kier alpha value is -1.56. The van der Waals surface area contributed by atoms with E-state index < -0.39 is 0 Å². The fraction of sp³-hybridized carbons (Fsp3) is 0.391. The van der Waals surface area contributed by atoms with Gasteiger partial charge < -0.3 is 14.7 Å². The SMILES string of the molecule is COC(=O)CCN(CCCN(C)C)Cc1ccc(-c2ccc(-c3ccc(Br)s3)s2)s1.O=CO. The lowest BCUT2D eigenvalue weighted by Gasteiger charge is -2.22. The zero-order chi connectivity index (χ0) is 24.2. The standard InChI is InChI=1S/C22H27BrN2O2S3.CH2O2/c1-24(2)12-4-13-25(14-11-22(26)27-3)15-16-5-6-17(28-16)18-7-8-19(29-18)20-9-10-21(23)30-20;2-1-3/h5-10H,4,11-15H2,1-3H3;1H,(H,2,3). The van der Waals surface area contributed by atoms with Gasteiger partial charge in [0.1, 0.15) is 0 Å². The average molecular weight is 574 g/mol. The van der Waals surface area contributed by atoms with Crippen LogP contribution >= 0.6 is 49.9 Å². The molecule has 0 spiro atoms. The number of nitrogens with zero attached hydrogens (tertiary/aromatic N) is 2. The monoisotopic (exact) mass is 572 g/mol. The highest BCUT2D eigenvalue weighted by Crippen LogP contribution is 2.40. The van der Waals surface area contributed by atoms with E-state index in [4.69, 9.17) is 14.6 Å². The summed E-state index contributed by atoms with van der Waals surface area (Å²) in [6, 6.07) is 13.1. The van der Waals surface area contributed by atoms with E-state index in [-0.39, 0.29) is 12.4 Å². The number of thiophene rings is 3. The Morgan fingerprint density at radius 2 is 1.55 bits per heavy atom. The fourth-order valence-corrected chi connectivity index (χ4v) is 6.72. The van der Waals surface area contributed by atoms with E-state index in [1.54, 1.807) is 11.3 Å². The Morgan fingerprint density at radius 3 is 2.12 bits per heavy atom. The molecule has 3 heterocycles. The lowest BCUT2D eigenvalue weighted by atomic mass is 10.3. The molecule has 1 N–H and O–H groups in total. The first-order valence-corrected chi connectivity index (χ1v) is 13.6. The number of carbonyl (C=O) groups excluding carboxylic acids is 1. The largest absolute Gasteiger partial charge is 0.483 e. The van der Waals surface area contributed by atoms with Crippen LogP contribution in [0, 0.1) is 0 Å². The first-order valence-electron chi connectivity index (χ1n) is 10.3. The topological polar surface area (TPSA) is 70.1 Å². The molecule has 6 nitrogen and oxygen atoms in total. The van der Waals surface area contributed by atoms with Gasteiger partial charge in [0.2, 0.25) is 0 Å². The third-order valence-electron chi connectivity index (χ3n) is 4.65. The molecule has 0 aliphatic heterocycles. The third kappa shape index (κ3) is 9.68. The summed E-state index contributed by atoms with van der Waals surface area (Å²) in [7, 11) is 5.64. The summed E-state index contributed by atoms with van der Waals surface area (Å²) >= 11 is 9.00. The minimum Gasteiger partial charge on any atom is -0.483 e. The van der Waals surface area contributed by atoms with Gasteiger partial charge in [-0.15, -0.1) is 34.0 Å². The van der Waals surface area contributed by atoms with Gasteiger partial charge in [-0.25, -0.2) is 0 Å². The molecule has 3 rings (SSSR count). The van der Waals surface area contributed by atoms with E-state index >= 15 is 0 Å². The number of hydrogen-bond acceptors (Lipinski definition) is 8. The van der Waals surface area contributed by atoms with Crippen LogP contribution in [0.3, 0.4) is 0 Å². The predicted molar refractivity (Wildman–Crippen MR) is 142 cm³/mol. The molecule has 0 saturated heterocycles. The summed E-state index contributed by atoms with van der Waals surface area (Å²) in [4.78, 5) is 31.1. The number of hydrogen-bond donors (Lipinski definition) is 1. The molecular formula is C23H29BrN2O4S3. The van der Waals surface area contributed by atoms with Gasteiger partial charge in [0, 0.05) is 37.5 Å². The number of halogens is 1. The Balaban J connectivity index is 0.00000122. The summed E-state index contributed by atoms with van der Waals surface area (Å²) in [5, 5.41) is 6.89. The van der Waals surface area contributed by atoms with Crippen molar-refractivity contribution >= 4 is 62.4 Å². The summed E-state index contributed by atoms with van der Waals surface area (Å²) < 4.78 is 5.98. The smallest absolute Gasteiger partial charge is 0.306 e. The second kappa shape index (κ2) is 14.6. The molecular weight excluding hydrogens is 544 g/mol. The summed E-state index contributed by atoms with van der Waals surface area (Å²) in [5.74, 6) is -0.147. The van der Waals surface area contributed by atoms with E-state index in [0.29, 0.717) is 6.42 Å². The molecule has 3 aromatic rings. The van der Waals surface area contributed by atoms with Crippen LogP contribution in [0.2, 0.25) is 0 Å². The molecule has 0 bridgehead atoms.